The SMILES string of the molecule is CCCN(Cc1ccccc1)C(=O)CCc1ccccc1Cl. The quantitative estimate of drug-likeness (QED) is 0.724. The predicted molar refractivity (Wildman–Crippen MR) is 91.9 cm³/mol. The lowest BCUT2D eigenvalue weighted by Gasteiger charge is -2.22. The molecule has 0 N–H and O–H groups in total. The second-order valence-electron chi connectivity index (χ2n) is 5.39. The zero-order valence-corrected chi connectivity index (χ0v) is 13.7. The molecule has 0 spiro atoms. The maximum Gasteiger partial charge on any atom is 0.223 e. The van der Waals surface area contributed by atoms with Crippen LogP contribution in [0.4, 0.5) is 0 Å². The first kappa shape index (κ1) is 16.6. The first-order valence-corrected chi connectivity index (χ1v) is 8.13. The van der Waals surface area contributed by atoms with Crippen LogP contribution in [0.15, 0.2) is 54.6 Å². The van der Waals surface area contributed by atoms with Gasteiger partial charge in [0.25, 0.3) is 0 Å². The number of aryl methyl sites for hydroxylation is 1. The van der Waals surface area contributed by atoms with E-state index in [2.05, 4.69) is 19.1 Å². The number of carbonyl (C=O) groups excluding carboxylic acids is 1. The molecule has 1 amide bonds. The molecule has 0 aliphatic heterocycles. The van der Waals surface area contributed by atoms with Gasteiger partial charge in [0.15, 0.2) is 0 Å². The Balaban J connectivity index is 1.96. The number of carbonyl (C=O) groups is 1. The third kappa shape index (κ3) is 4.88. The first-order chi connectivity index (χ1) is 10.7. The van der Waals surface area contributed by atoms with Crippen LogP contribution in [-0.2, 0) is 17.8 Å². The van der Waals surface area contributed by atoms with Gasteiger partial charge in [-0.2, -0.15) is 0 Å². The molecule has 2 rings (SSSR count). The highest BCUT2D eigenvalue weighted by Gasteiger charge is 2.13. The fraction of sp³-hybridized carbons (Fsp3) is 0.316. The maximum absolute atomic E-state index is 12.5. The van der Waals surface area contributed by atoms with Gasteiger partial charge in [-0.25, -0.2) is 0 Å². The van der Waals surface area contributed by atoms with Crippen molar-refractivity contribution in [2.75, 3.05) is 6.54 Å². The average molecular weight is 316 g/mol. The first-order valence-electron chi connectivity index (χ1n) is 7.75. The second-order valence-corrected chi connectivity index (χ2v) is 5.80. The normalized spacial score (nSPS) is 10.5. The number of amides is 1. The molecule has 0 fully saturated rings. The summed E-state index contributed by atoms with van der Waals surface area (Å²) < 4.78 is 0. The Labute approximate surface area is 137 Å². The molecule has 0 atom stereocenters. The third-order valence-corrected chi connectivity index (χ3v) is 4.00. The average Bonchev–Trinajstić information content (AvgIpc) is 2.54. The molecular formula is C19H22ClNO. The van der Waals surface area contributed by atoms with Gasteiger partial charge in [-0.1, -0.05) is 67.1 Å². The van der Waals surface area contributed by atoms with Gasteiger partial charge in [-0.15, -0.1) is 0 Å². The minimum atomic E-state index is 0.186. The van der Waals surface area contributed by atoms with E-state index in [0.29, 0.717) is 19.4 Å². The van der Waals surface area contributed by atoms with Gasteiger partial charge in [-0.3, -0.25) is 4.79 Å². The molecular weight excluding hydrogens is 294 g/mol. The lowest BCUT2D eigenvalue weighted by Crippen LogP contribution is -2.31. The van der Waals surface area contributed by atoms with Crippen molar-refractivity contribution in [2.24, 2.45) is 0 Å². The van der Waals surface area contributed by atoms with Crippen LogP contribution in [0.2, 0.25) is 5.02 Å². The van der Waals surface area contributed by atoms with Crippen molar-refractivity contribution in [1.82, 2.24) is 4.90 Å². The Morgan fingerprint density at radius 1 is 1.05 bits per heavy atom. The number of benzene rings is 2. The van der Waals surface area contributed by atoms with Crippen molar-refractivity contribution in [3.63, 3.8) is 0 Å². The summed E-state index contributed by atoms with van der Waals surface area (Å²) in [5, 5.41) is 0.736. The van der Waals surface area contributed by atoms with Gasteiger partial charge in [-0.05, 0) is 30.0 Å². The molecule has 0 saturated heterocycles. The smallest absolute Gasteiger partial charge is 0.223 e. The maximum atomic E-state index is 12.5. The Morgan fingerprint density at radius 2 is 1.73 bits per heavy atom. The largest absolute Gasteiger partial charge is 0.338 e. The van der Waals surface area contributed by atoms with E-state index < -0.39 is 0 Å². The minimum Gasteiger partial charge on any atom is -0.338 e. The number of nitrogens with zero attached hydrogens (tertiary/aromatic N) is 1. The summed E-state index contributed by atoms with van der Waals surface area (Å²) in [6, 6.07) is 17.8. The van der Waals surface area contributed by atoms with Gasteiger partial charge in [0.2, 0.25) is 5.91 Å². The van der Waals surface area contributed by atoms with Crippen molar-refractivity contribution in [3.05, 3.63) is 70.7 Å². The van der Waals surface area contributed by atoms with Crippen LogP contribution in [0.1, 0.15) is 30.9 Å². The van der Waals surface area contributed by atoms with Crippen molar-refractivity contribution in [2.45, 2.75) is 32.7 Å². The summed E-state index contributed by atoms with van der Waals surface area (Å²) in [4.78, 5) is 14.4. The molecule has 0 radical (unpaired) electrons. The zero-order valence-electron chi connectivity index (χ0n) is 13.0. The second kappa shape index (κ2) is 8.60. The monoisotopic (exact) mass is 315 g/mol. The molecule has 116 valence electrons. The van der Waals surface area contributed by atoms with Gasteiger partial charge in [0.1, 0.15) is 0 Å². The highest BCUT2D eigenvalue weighted by Crippen LogP contribution is 2.17. The van der Waals surface area contributed by atoms with E-state index in [1.807, 2.05) is 47.4 Å². The molecule has 0 aliphatic carbocycles. The molecule has 0 heterocycles. The number of hydrogen-bond donors (Lipinski definition) is 0. The summed E-state index contributed by atoms with van der Waals surface area (Å²) in [7, 11) is 0. The van der Waals surface area contributed by atoms with E-state index in [4.69, 9.17) is 11.6 Å². The van der Waals surface area contributed by atoms with Crippen LogP contribution in [0.25, 0.3) is 0 Å². The molecule has 0 unspecified atom stereocenters. The van der Waals surface area contributed by atoms with E-state index in [1.165, 1.54) is 5.56 Å². The van der Waals surface area contributed by atoms with Gasteiger partial charge in [0.05, 0.1) is 0 Å². The highest BCUT2D eigenvalue weighted by molar-refractivity contribution is 6.31. The van der Waals surface area contributed by atoms with Gasteiger partial charge < -0.3 is 4.90 Å². The van der Waals surface area contributed by atoms with Crippen LogP contribution in [0.3, 0.4) is 0 Å². The lowest BCUT2D eigenvalue weighted by molar-refractivity contribution is -0.131. The van der Waals surface area contributed by atoms with Crippen molar-refractivity contribution in [3.8, 4) is 0 Å². The molecule has 0 aromatic heterocycles. The molecule has 2 aromatic carbocycles. The summed E-state index contributed by atoms with van der Waals surface area (Å²) in [5.74, 6) is 0.186. The summed E-state index contributed by atoms with van der Waals surface area (Å²) in [6.07, 6.45) is 2.15. The van der Waals surface area contributed by atoms with Crippen LogP contribution >= 0.6 is 11.6 Å². The van der Waals surface area contributed by atoms with Crippen LogP contribution < -0.4 is 0 Å². The molecule has 0 saturated carbocycles. The molecule has 0 bridgehead atoms. The van der Waals surface area contributed by atoms with E-state index in [0.717, 1.165) is 23.6 Å². The van der Waals surface area contributed by atoms with Crippen LogP contribution in [0.5, 0.6) is 0 Å². The molecule has 2 aromatic rings. The van der Waals surface area contributed by atoms with Crippen molar-refractivity contribution in [1.29, 1.82) is 0 Å². The lowest BCUT2D eigenvalue weighted by atomic mass is 10.1. The fourth-order valence-electron chi connectivity index (χ4n) is 2.47. The third-order valence-electron chi connectivity index (χ3n) is 3.63. The minimum absolute atomic E-state index is 0.186. The number of halogens is 1. The summed E-state index contributed by atoms with van der Waals surface area (Å²) in [6.45, 7) is 3.56. The topological polar surface area (TPSA) is 20.3 Å². The van der Waals surface area contributed by atoms with E-state index in [1.54, 1.807) is 0 Å². The van der Waals surface area contributed by atoms with E-state index >= 15 is 0 Å². The van der Waals surface area contributed by atoms with Crippen molar-refractivity contribution >= 4 is 17.5 Å². The number of rotatable bonds is 7. The number of hydrogen-bond acceptors (Lipinski definition) is 1. The van der Waals surface area contributed by atoms with Crippen LogP contribution in [0, 0.1) is 0 Å². The Hall–Kier alpha value is -1.80. The van der Waals surface area contributed by atoms with Gasteiger partial charge in [0, 0.05) is 24.5 Å². The van der Waals surface area contributed by atoms with Crippen molar-refractivity contribution < 1.29 is 4.79 Å². The Morgan fingerprint density at radius 3 is 2.41 bits per heavy atom. The molecule has 0 aliphatic rings. The Bertz CT molecular complexity index is 597. The molecule has 2 nitrogen and oxygen atoms in total. The predicted octanol–water partition coefficient (Wildman–Crippen LogP) is 4.71. The van der Waals surface area contributed by atoms with Gasteiger partial charge >= 0.3 is 0 Å². The van der Waals surface area contributed by atoms with E-state index in [9.17, 15) is 4.79 Å². The summed E-state index contributed by atoms with van der Waals surface area (Å²) >= 11 is 6.15. The summed E-state index contributed by atoms with van der Waals surface area (Å²) in [5.41, 5.74) is 2.20. The standard InChI is InChI=1S/C19H22ClNO/c1-2-14-21(15-16-8-4-3-5-9-16)19(22)13-12-17-10-6-7-11-18(17)20/h3-11H,2,12-15H2,1H3. The van der Waals surface area contributed by atoms with E-state index in [-0.39, 0.29) is 5.91 Å². The molecule has 3 heteroatoms. The Kier molecular flexibility index (Phi) is 6.47. The zero-order chi connectivity index (χ0) is 15.8. The molecule has 22 heavy (non-hydrogen) atoms. The fourth-order valence-corrected chi connectivity index (χ4v) is 2.70. The highest BCUT2D eigenvalue weighted by atomic mass is 35.5. The van der Waals surface area contributed by atoms with Crippen LogP contribution in [-0.4, -0.2) is 17.4 Å².